The zero-order valence-electron chi connectivity index (χ0n) is 20.3. The van der Waals surface area contributed by atoms with Crippen molar-refractivity contribution in [2.45, 2.75) is 34.2 Å². The third-order valence-electron chi connectivity index (χ3n) is 6.39. The van der Waals surface area contributed by atoms with Crippen molar-refractivity contribution in [3.63, 3.8) is 0 Å². The molecule has 0 atom stereocenters. The molecule has 2 aromatic carbocycles. The summed E-state index contributed by atoms with van der Waals surface area (Å²) >= 11 is 0. The monoisotopic (exact) mass is 449 g/mol. The number of rotatable bonds is 8. The van der Waals surface area contributed by atoms with E-state index in [2.05, 4.69) is 102 Å². The molecule has 0 saturated carbocycles. The number of aromatic amines is 1. The molecule has 0 fully saturated rings. The van der Waals surface area contributed by atoms with E-state index < -0.39 is 0 Å². The van der Waals surface area contributed by atoms with Crippen molar-refractivity contribution in [1.29, 1.82) is 5.26 Å². The largest absolute Gasteiger partial charge is 0.361 e. The molecule has 0 aliphatic carbocycles. The predicted octanol–water partition coefficient (Wildman–Crippen LogP) is 6.81. The number of benzene rings is 2. The van der Waals surface area contributed by atoms with Crippen LogP contribution in [0.4, 0.5) is 11.4 Å². The first kappa shape index (κ1) is 23.3. The first-order valence-electron chi connectivity index (χ1n) is 11.8. The molecule has 0 aliphatic heterocycles. The molecule has 2 heterocycles. The van der Waals surface area contributed by atoms with Gasteiger partial charge in [0.05, 0.1) is 11.3 Å². The van der Waals surface area contributed by atoms with Crippen molar-refractivity contribution >= 4 is 34.4 Å². The predicted molar refractivity (Wildman–Crippen MR) is 142 cm³/mol. The number of H-pyrrole nitrogens is 1. The average molecular weight is 450 g/mol. The number of pyridine rings is 1. The van der Waals surface area contributed by atoms with Crippen LogP contribution in [-0.4, -0.2) is 28.0 Å². The maximum absolute atomic E-state index is 9.81. The number of nitrogens with one attached hydrogen (secondary N) is 2. The minimum Gasteiger partial charge on any atom is -0.361 e. The van der Waals surface area contributed by atoms with Crippen LogP contribution in [0.5, 0.6) is 0 Å². The van der Waals surface area contributed by atoms with Gasteiger partial charge < -0.3 is 10.3 Å². The molecule has 34 heavy (non-hydrogen) atoms. The summed E-state index contributed by atoms with van der Waals surface area (Å²) in [6.45, 7) is 11.5. The molecule has 2 aromatic heterocycles. The topological polar surface area (TPSA) is 67.7 Å². The third-order valence-corrected chi connectivity index (χ3v) is 6.39. The van der Waals surface area contributed by atoms with Gasteiger partial charge in [0, 0.05) is 46.8 Å². The Hall–Kier alpha value is -3.88. The van der Waals surface area contributed by atoms with Crippen molar-refractivity contribution in [2.75, 3.05) is 18.4 Å². The molecule has 172 valence electrons. The number of aromatic nitrogens is 2. The summed E-state index contributed by atoms with van der Waals surface area (Å²) in [5, 5.41) is 14.5. The Balaban J connectivity index is 1.69. The Labute approximate surface area is 201 Å². The number of hydrogen-bond acceptors (Lipinski definition) is 4. The molecule has 0 radical (unpaired) electrons. The highest BCUT2D eigenvalue weighted by Crippen LogP contribution is 2.32. The van der Waals surface area contributed by atoms with Gasteiger partial charge in [0.1, 0.15) is 6.07 Å². The summed E-state index contributed by atoms with van der Waals surface area (Å²) in [6, 6.07) is 17.1. The molecule has 0 aliphatic rings. The van der Waals surface area contributed by atoms with Gasteiger partial charge in [-0.2, -0.15) is 5.26 Å². The van der Waals surface area contributed by atoms with Crippen molar-refractivity contribution in [2.24, 2.45) is 0 Å². The van der Waals surface area contributed by atoms with Crippen molar-refractivity contribution in [1.82, 2.24) is 14.9 Å². The van der Waals surface area contributed by atoms with Crippen LogP contribution >= 0.6 is 0 Å². The summed E-state index contributed by atoms with van der Waals surface area (Å²) in [5.41, 5.74) is 8.72. The Bertz CT molecular complexity index is 1370. The van der Waals surface area contributed by atoms with E-state index in [1.807, 2.05) is 13.1 Å². The minimum atomic E-state index is 0.522. The first-order chi connectivity index (χ1) is 16.5. The van der Waals surface area contributed by atoms with Gasteiger partial charge in [0.2, 0.25) is 0 Å². The molecule has 0 spiro atoms. The van der Waals surface area contributed by atoms with Crippen LogP contribution in [0.3, 0.4) is 0 Å². The molecular formula is C29H31N5. The summed E-state index contributed by atoms with van der Waals surface area (Å²) in [5.74, 6) is 0. The van der Waals surface area contributed by atoms with E-state index >= 15 is 0 Å². The van der Waals surface area contributed by atoms with E-state index in [4.69, 9.17) is 0 Å². The van der Waals surface area contributed by atoms with Crippen LogP contribution in [0.1, 0.15) is 47.4 Å². The molecule has 4 aromatic rings. The van der Waals surface area contributed by atoms with E-state index in [1.165, 1.54) is 5.56 Å². The van der Waals surface area contributed by atoms with E-state index in [-0.39, 0.29) is 0 Å². The molecule has 5 nitrogen and oxygen atoms in total. The van der Waals surface area contributed by atoms with Gasteiger partial charge in [-0.3, -0.25) is 9.88 Å². The smallest absolute Gasteiger partial charge is 0.103 e. The van der Waals surface area contributed by atoms with Crippen molar-refractivity contribution in [3.8, 4) is 6.07 Å². The number of hydrogen-bond donors (Lipinski definition) is 2. The van der Waals surface area contributed by atoms with Crippen molar-refractivity contribution in [3.05, 3.63) is 88.4 Å². The summed E-state index contributed by atoms with van der Waals surface area (Å²) in [4.78, 5) is 10.1. The lowest BCUT2D eigenvalue weighted by molar-refractivity contribution is 0.296. The number of fused-ring (bicyclic) bond motifs is 1. The van der Waals surface area contributed by atoms with Gasteiger partial charge >= 0.3 is 0 Å². The molecule has 0 unspecified atom stereocenters. The second kappa shape index (κ2) is 10.4. The maximum Gasteiger partial charge on any atom is 0.103 e. The van der Waals surface area contributed by atoms with Crippen LogP contribution in [-0.2, 0) is 6.54 Å². The minimum absolute atomic E-state index is 0.522. The SMILES string of the molecule is CCN(CC)Cc1cccc(C=Cc2c(C)ncc(C#N)c2Nc2ccc3[nH]ccc3c2C)c1. The quantitative estimate of drug-likeness (QED) is 0.310. The number of nitriles is 1. The maximum atomic E-state index is 9.81. The lowest BCUT2D eigenvalue weighted by Gasteiger charge is -2.18. The van der Waals surface area contributed by atoms with Crippen molar-refractivity contribution < 1.29 is 0 Å². The van der Waals surface area contributed by atoms with Crippen LogP contribution in [0.25, 0.3) is 23.1 Å². The third kappa shape index (κ3) is 4.88. The van der Waals surface area contributed by atoms with Crippen LogP contribution in [0.2, 0.25) is 0 Å². The second-order valence-electron chi connectivity index (χ2n) is 8.50. The number of anilines is 2. The Morgan fingerprint density at radius 3 is 2.68 bits per heavy atom. The normalized spacial score (nSPS) is 11.4. The van der Waals surface area contributed by atoms with E-state index in [9.17, 15) is 5.26 Å². The van der Waals surface area contributed by atoms with Gasteiger partial charge in [-0.05, 0) is 61.8 Å². The highest BCUT2D eigenvalue weighted by atomic mass is 15.1. The molecule has 4 rings (SSSR count). The first-order valence-corrected chi connectivity index (χ1v) is 11.8. The fourth-order valence-electron chi connectivity index (χ4n) is 4.28. The summed E-state index contributed by atoms with van der Waals surface area (Å²) < 4.78 is 0. The zero-order valence-corrected chi connectivity index (χ0v) is 20.3. The van der Waals surface area contributed by atoms with E-state index in [0.717, 1.165) is 64.3 Å². The Morgan fingerprint density at radius 2 is 1.91 bits per heavy atom. The van der Waals surface area contributed by atoms with Crippen LogP contribution < -0.4 is 5.32 Å². The lowest BCUT2D eigenvalue weighted by Crippen LogP contribution is -2.22. The molecule has 0 saturated heterocycles. The van der Waals surface area contributed by atoms with Gasteiger partial charge in [-0.25, -0.2) is 0 Å². The molecule has 0 bridgehead atoms. The van der Waals surface area contributed by atoms with Gasteiger partial charge in [0.15, 0.2) is 0 Å². The highest BCUT2D eigenvalue weighted by molar-refractivity contribution is 5.90. The Kier molecular flexibility index (Phi) is 7.10. The molecule has 0 amide bonds. The average Bonchev–Trinajstić information content (AvgIpc) is 3.34. The zero-order chi connectivity index (χ0) is 24.1. The number of aryl methyl sites for hydroxylation is 2. The van der Waals surface area contributed by atoms with E-state index in [0.29, 0.717) is 5.56 Å². The standard InChI is InChI=1S/C29H31N5/c1-5-34(6-2)19-23-9-7-8-22(16-23)10-11-26-21(4)32-18-24(17-30)29(26)33-27-12-13-28-25(20(27)3)14-15-31-28/h7-16,18,31H,5-6,19H2,1-4H3,(H,32,33). The number of nitrogens with zero attached hydrogens (tertiary/aromatic N) is 3. The molecule has 2 N–H and O–H groups in total. The van der Waals surface area contributed by atoms with Crippen LogP contribution in [0, 0.1) is 25.2 Å². The highest BCUT2D eigenvalue weighted by Gasteiger charge is 2.13. The summed E-state index contributed by atoms with van der Waals surface area (Å²) in [7, 11) is 0. The molecule has 5 heteroatoms. The lowest BCUT2D eigenvalue weighted by atomic mass is 10.0. The van der Waals surface area contributed by atoms with E-state index in [1.54, 1.807) is 6.20 Å². The van der Waals surface area contributed by atoms with Crippen LogP contribution in [0.15, 0.2) is 54.9 Å². The summed E-state index contributed by atoms with van der Waals surface area (Å²) in [6.07, 6.45) is 7.75. The fourth-order valence-corrected chi connectivity index (χ4v) is 4.28. The Morgan fingerprint density at radius 1 is 1.09 bits per heavy atom. The van der Waals surface area contributed by atoms with Gasteiger partial charge in [-0.1, -0.05) is 50.3 Å². The van der Waals surface area contributed by atoms with Gasteiger partial charge in [-0.15, -0.1) is 0 Å². The van der Waals surface area contributed by atoms with Gasteiger partial charge in [0.25, 0.3) is 0 Å². The fraction of sp³-hybridized carbons (Fsp3) is 0.241. The molecular weight excluding hydrogens is 418 g/mol. The second-order valence-corrected chi connectivity index (χ2v) is 8.50.